The second kappa shape index (κ2) is 10.3. The second-order valence-corrected chi connectivity index (χ2v) is 10.0. The van der Waals surface area contributed by atoms with Gasteiger partial charge in [-0.1, -0.05) is 18.2 Å². The van der Waals surface area contributed by atoms with Gasteiger partial charge in [-0.25, -0.2) is 4.98 Å². The van der Waals surface area contributed by atoms with Crippen LogP contribution in [0.5, 0.6) is 11.5 Å². The quantitative estimate of drug-likeness (QED) is 0.474. The molecule has 0 unspecified atom stereocenters. The van der Waals surface area contributed by atoms with Gasteiger partial charge >= 0.3 is 0 Å². The number of carbonyl (C=O) groups is 2. The summed E-state index contributed by atoms with van der Waals surface area (Å²) in [5.41, 5.74) is 5.20. The Kier molecular flexibility index (Phi) is 6.58. The van der Waals surface area contributed by atoms with E-state index >= 15 is 0 Å². The number of benzene rings is 2. The van der Waals surface area contributed by atoms with E-state index in [1.165, 1.54) is 6.42 Å². The number of fused-ring (bicyclic) bond motifs is 2. The maximum Gasteiger partial charge on any atom is 0.255 e. The lowest BCUT2D eigenvalue weighted by Gasteiger charge is -2.32. The Hall–Kier alpha value is -4.13. The fourth-order valence-corrected chi connectivity index (χ4v) is 5.50. The van der Waals surface area contributed by atoms with Crippen LogP contribution in [0.2, 0.25) is 0 Å². The zero-order valence-corrected chi connectivity index (χ0v) is 21.6. The maximum absolute atomic E-state index is 13.3. The van der Waals surface area contributed by atoms with E-state index in [1.807, 2.05) is 53.4 Å². The molecule has 3 aromatic rings. The number of piperidine rings is 1. The third kappa shape index (κ3) is 4.64. The van der Waals surface area contributed by atoms with Crippen molar-refractivity contribution in [3.63, 3.8) is 0 Å². The number of allylic oxidation sites excluding steroid dienone is 2. The van der Waals surface area contributed by atoms with Gasteiger partial charge in [0.1, 0.15) is 12.4 Å². The van der Waals surface area contributed by atoms with Crippen molar-refractivity contribution in [2.45, 2.75) is 32.1 Å². The lowest BCUT2D eigenvalue weighted by Crippen LogP contribution is -2.36. The van der Waals surface area contributed by atoms with Crippen molar-refractivity contribution in [3.8, 4) is 11.5 Å². The zero-order chi connectivity index (χ0) is 26.1. The summed E-state index contributed by atoms with van der Waals surface area (Å²) in [5.74, 6) is 2.22. The first-order valence-electron chi connectivity index (χ1n) is 13.3. The molecule has 194 valence electrons. The van der Waals surface area contributed by atoms with E-state index in [0.717, 1.165) is 59.6 Å². The summed E-state index contributed by atoms with van der Waals surface area (Å²) in [4.78, 5) is 34.9. The number of aromatic nitrogens is 1. The first-order valence-corrected chi connectivity index (χ1v) is 13.3. The smallest absolute Gasteiger partial charge is 0.255 e. The fraction of sp³-hybridized carbons (Fsp3) is 0.323. The molecule has 3 aliphatic rings. The molecule has 0 bridgehead atoms. The largest absolute Gasteiger partial charge is 0.497 e. The molecule has 1 aliphatic carbocycles. The summed E-state index contributed by atoms with van der Waals surface area (Å²) in [6.07, 6.45) is 8.28. The van der Waals surface area contributed by atoms with Crippen LogP contribution in [0.15, 0.2) is 66.4 Å². The normalized spacial score (nSPS) is 16.8. The molecule has 1 amide bonds. The average Bonchev–Trinajstić information content (AvgIpc) is 2.98. The van der Waals surface area contributed by atoms with Crippen molar-refractivity contribution < 1.29 is 19.1 Å². The molecule has 0 radical (unpaired) electrons. The second-order valence-electron chi connectivity index (χ2n) is 10.0. The van der Waals surface area contributed by atoms with Gasteiger partial charge in [0.15, 0.2) is 17.4 Å². The van der Waals surface area contributed by atoms with Crippen molar-refractivity contribution in [1.29, 1.82) is 0 Å². The lowest BCUT2D eigenvalue weighted by molar-refractivity contribution is 0.0723. The first-order chi connectivity index (χ1) is 18.6. The Morgan fingerprint density at radius 2 is 1.84 bits per heavy atom. The topological polar surface area (TPSA) is 72.0 Å². The molecule has 3 heterocycles. The van der Waals surface area contributed by atoms with E-state index in [9.17, 15) is 9.59 Å². The van der Waals surface area contributed by atoms with Crippen LogP contribution in [0.25, 0.3) is 0 Å². The first kappa shape index (κ1) is 24.2. The number of amides is 1. The molecule has 1 fully saturated rings. The van der Waals surface area contributed by atoms with Gasteiger partial charge in [-0.3, -0.25) is 9.59 Å². The molecule has 6 rings (SSSR count). The fourth-order valence-electron chi connectivity index (χ4n) is 5.50. The number of likely N-dealkylation sites (tertiary alicyclic amines) is 1. The molecule has 2 aliphatic heterocycles. The SMILES string of the molecule is COc1ccc(CC2=CCc3cc(N4CCOc5cc(C(=O)N6CCCCC6)cnc54)ccc3C2=O)cc1. The van der Waals surface area contributed by atoms with Crippen LogP contribution in [0.1, 0.15) is 51.1 Å². The summed E-state index contributed by atoms with van der Waals surface area (Å²) < 4.78 is 11.2. The van der Waals surface area contributed by atoms with Crippen LogP contribution in [0.3, 0.4) is 0 Å². The minimum Gasteiger partial charge on any atom is -0.497 e. The number of rotatable bonds is 5. The highest BCUT2D eigenvalue weighted by Crippen LogP contribution is 2.37. The van der Waals surface area contributed by atoms with Crippen LogP contribution in [-0.2, 0) is 12.8 Å². The van der Waals surface area contributed by atoms with Gasteiger partial charge in [0, 0.05) is 42.5 Å². The summed E-state index contributed by atoms with van der Waals surface area (Å²) in [7, 11) is 1.65. The van der Waals surface area contributed by atoms with E-state index in [4.69, 9.17) is 9.47 Å². The number of hydrogen-bond acceptors (Lipinski definition) is 6. The van der Waals surface area contributed by atoms with Crippen LogP contribution in [0, 0.1) is 0 Å². The number of pyridine rings is 1. The average molecular weight is 510 g/mol. The van der Waals surface area contributed by atoms with Gasteiger partial charge in [0.2, 0.25) is 0 Å². The maximum atomic E-state index is 13.3. The molecule has 0 spiro atoms. The Morgan fingerprint density at radius 3 is 2.63 bits per heavy atom. The molecule has 2 aromatic carbocycles. The summed E-state index contributed by atoms with van der Waals surface area (Å²) >= 11 is 0. The number of ether oxygens (including phenoxy) is 2. The van der Waals surface area contributed by atoms with Gasteiger partial charge in [-0.2, -0.15) is 0 Å². The van der Waals surface area contributed by atoms with Crippen LogP contribution in [-0.4, -0.2) is 54.9 Å². The predicted octanol–water partition coefficient (Wildman–Crippen LogP) is 5.15. The standard InChI is InChI=1S/C31H31N3O4/c1-37-26-10-5-21(6-11-26)17-23-8-7-22-18-25(9-12-27(22)29(23)35)34-15-16-38-28-19-24(20-32-30(28)34)31(36)33-13-3-2-4-14-33/h5-6,8-12,18-20H,2-4,7,13-17H2,1H3. The number of ketones is 1. The molecule has 0 N–H and O–H groups in total. The van der Waals surface area contributed by atoms with Gasteiger partial charge < -0.3 is 19.3 Å². The minimum atomic E-state index is 0.0187. The summed E-state index contributed by atoms with van der Waals surface area (Å²) in [5, 5.41) is 0. The van der Waals surface area contributed by atoms with Crippen LogP contribution in [0.4, 0.5) is 11.5 Å². The molecule has 38 heavy (non-hydrogen) atoms. The van der Waals surface area contributed by atoms with E-state index in [2.05, 4.69) is 16.0 Å². The Bertz CT molecular complexity index is 1410. The van der Waals surface area contributed by atoms with Crippen molar-refractivity contribution in [1.82, 2.24) is 9.88 Å². The van der Waals surface area contributed by atoms with Crippen molar-refractivity contribution in [2.75, 3.05) is 38.3 Å². The Balaban J connectivity index is 1.21. The van der Waals surface area contributed by atoms with Gasteiger partial charge in [0.05, 0.1) is 19.2 Å². The molecule has 0 saturated carbocycles. The van der Waals surface area contributed by atoms with E-state index < -0.39 is 0 Å². The van der Waals surface area contributed by atoms with Gasteiger partial charge in [-0.05, 0) is 73.2 Å². The Labute approximate surface area is 222 Å². The highest BCUT2D eigenvalue weighted by Gasteiger charge is 2.27. The molecule has 1 saturated heterocycles. The number of hydrogen-bond donors (Lipinski definition) is 0. The highest BCUT2D eigenvalue weighted by molar-refractivity contribution is 6.11. The number of nitrogens with zero attached hydrogens (tertiary/aromatic N) is 3. The van der Waals surface area contributed by atoms with Gasteiger partial charge in [0.25, 0.3) is 5.91 Å². The zero-order valence-electron chi connectivity index (χ0n) is 21.6. The molecule has 0 atom stereocenters. The third-order valence-corrected chi connectivity index (χ3v) is 7.61. The Morgan fingerprint density at radius 1 is 1.03 bits per heavy atom. The minimum absolute atomic E-state index is 0.0187. The van der Waals surface area contributed by atoms with E-state index in [0.29, 0.717) is 43.1 Å². The highest BCUT2D eigenvalue weighted by atomic mass is 16.5. The number of Topliss-reactive ketones (excluding diaryl/α,β-unsaturated/α-hetero) is 1. The van der Waals surface area contributed by atoms with Crippen molar-refractivity contribution in [2.24, 2.45) is 0 Å². The molecule has 7 heteroatoms. The van der Waals surface area contributed by atoms with Crippen molar-refractivity contribution >= 4 is 23.2 Å². The number of carbonyl (C=O) groups excluding carboxylic acids is 2. The summed E-state index contributed by atoms with van der Waals surface area (Å²) in [6, 6.07) is 15.7. The lowest BCUT2D eigenvalue weighted by atomic mass is 9.87. The van der Waals surface area contributed by atoms with Crippen molar-refractivity contribution in [3.05, 3.63) is 88.6 Å². The number of anilines is 2. The predicted molar refractivity (Wildman–Crippen MR) is 146 cm³/mol. The molecule has 7 nitrogen and oxygen atoms in total. The van der Waals surface area contributed by atoms with Gasteiger partial charge in [-0.15, -0.1) is 0 Å². The van der Waals surface area contributed by atoms with E-state index in [1.54, 1.807) is 13.3 Å². The van der Waals surface area contributed by atoms with Crippen LogP contribution < -0.4 is 14.4 Å². The monoisotopic (exact) mass is 509 g/mol. The molecular formula is C31H31N3O4. The third-order valence-electron chi connectivity index (χ3n) is 7.61. The van der Waals surface area contributed by atoms with Crippen LogP contribution >= 0.6 is 0 Å². The van der Waals surface area contributed by atoms with E-state index in [-0.39, 0.29) is 11.7 Å². The molecule has 1 aromatic heterocycles. The summed E-state index contributed by atoms with van der Waals surface area (Å²) in [6.45, 7) is 2.74. The number of methoxy groups -OCH3 is 1. The molecular weight excluding hydrogens is 478 g/mol.